The third-order valence-electron chi connectivity index (χ3n) is 8.40. The van der Waals surface area contributed by atoms with Gasteiger partial charge in [0.25, 0.3) is 0 Å². The van der Waals surface area contributed by atoms with Gasteiger partial charge in [-0.3, -0.25) is 0 Å². The van der Waals surface area contributed by atoms with Crippen molar-refractivity contribution in [2.45, 2.75) is 91.0 Å². The minimum atomic E-state index is -1.91. The van der Waals surface area contributed by atoms with Gasteiger partial charge in [0.1, 0.15) is 11.4 Å². The van der Waals surface area contributed by atoms with Gasteiger partial charge in [-0.2, -0.15) is 0 Å². The van der Waals surface area contributed by atoms with Crippen LogP contribution in [-0.4, -0.2) is 13.7 Å². The Balaban J connectivity index is 1.85. The molecule has 1 saturated carbocycles. The van der Waals surface area contributed by atoms with Gasteiger partial charge in [0, 0.05) is 0 Å². The summed E-state index contributed by atoms with van der Waals surface area (Å²) < 4.78 is 6.81. The minimum Gasteiger partial charge on any atom is -0.488 e. The Labute approximate surface area is 203 Å². The van der Waals surface area contributed by atoms with Crippen LogP contribution in [0.15, 0.2) is 48.5 Å². The van der Waals surface area contributed by atoms with E-state index in [-0.39, 0.29) is 11.0 Å². The van der Waals surface area contributed by atoms with Gasteiger partial charge in [0.15, 0.2) is 0 Å². The largest absolute Gasteiger partial charge is 0.488 e. The fourth-order valence-corrected chi connectivity index (χ4v) is 11.4. The van der Waals surface area contributed by atoms with Crippen molar-refractivity contribution in [1.82, 2.24) is 0 Å². The average Bonchev–Trinajstić information content (AvgIpc) is 2.97. The Bertz CT molecular complexity index is 1050. The van der Waals surface area contributed by atoms with E-state index in [1.54, 1.807) is 5.56 Å². The Morgan fingerprint density at radius 3 is 2.12 bits per heavy atom. The van der Waals surface area contributed by atoms with Gasteiger partial charge in [-0.1, -0.05) is 102 Å². The fraction of sp³-hybridized carbons (Fsp3) is 0.548. The van der Waals surface area contributed by atoms with Crippen molar-refractivity contribution in [2.24, 2.45) is 17.8 Å². The van der Waals surface area contributed by atoms with Crippen LogP contribution < -0.4 is 9.92 Å². The number of para-hydroxylation sites is 1. The Morgan fingerprint density at radius 2 is 1.48 bits per heavy atom. The standard InChI is InChI=1S/C31H44OSi/c1-20-21(2)29(24-19-18-22-14-11-12-15-23(22)27(20)24)33(9,10)26-17-13-16-25(30(3,4)5)28(26)32-31(6,7)8/h11-21,24,27,29H,1-10H3. The second kappa shape index (κ2) is 8.15. The molecule has 0 aromatic heterocycles. The predicted molar refractivity (Wildman–Crippen MR) is 146 cm³/mol. The van der Waals surface area contributed by atoms with Crippen molar-refractivity contribution in [1.29, 1.82) is 0 Å². The topological polar surface area (TPSA) is 9.23 Å². The maximum absolute atomic E-state index is 6.81. The molecule has 1 fully saturated rings. The molecule has 1 nitrogen and oxygen atoms in total. The lowest BCUT2D eigenvalue weighted by molar-refractivity contribution is 0.129. The molecule has 2 aromatic carbocycles. The first kappa shape index (κ1) is 24.3. The predicted octanol–water partition coefficient (Wildman–Crippen LogP) is 8.16. The van der Waals surface area contributed by atoms with Gasteiger partial charge in [0.05, 0.1) is 8.07 Å². The van der Waals surface area contributed by atoms with Crippen LogP contribution in [0.25, 0.3) is 6.08 Å². The summed E-state index contributed by atoms with van der Waals surface area (Å²) in [5, 5.41) is 1.50. The number of fused-ring (bicyclic) bond motifs is 3. The summed E-state index contributed by atoms with van der Waals surface area (Å²) in [4.78, 5) is 0. The Morgan fingerprint density at radius 1 is 0.818 bits per heavy atom. The molecule has 178 valence electrons. The molecule has 2 heteroatoms. The SMILES string of the molecule is CC1C(C)C([Si](C)(C)c2cccc(C(C)(C)C)c2OC(C)(C)C)C2C=Cc3ccccc3C12. The lowest BCUT2D eigenvalue weighted by atomic mass is 9.77. The fourth-order valence-electron chi connectivity index (χ4n) is 6.86. The maximum atomic E-state index is 6.81. The molecule has 33 heavy (non-hydrogen) atoms. The molecular weight excluding hydrogens is 416 g/mol. The molecule has 2 aromatic rings. The zero-order valence-corrected chi connectivity index (χ0v) is 23.5. The van der Waals surface area contributed by atoms with Gasteiger partial charge in [-0.05, 0) is 77.3 Å². The molecule has 0 radical (unpaired) electrons. The molecule has 0 N–H and O–H groups in total. The highest BCUT2D eigenvalue weighted by Gasteiger charge is 2.54. The molecule has 4 rings (SSSR count). The van der Waals surface area contributed by atoms with Crippen molar-refractivity contribution in [3.8, 4) is 5.75 Å². The molecule has 5 atom stereocenters. The molecule has 0 amide bonds. The van der Waals surface area contributed by atoms with E-state index >= 15 is 0 Å². The van der Waals surface area contributed by atoms with Crippen LogP contribution in [0.1, 0.15) is 78.0 Å². The number of hydrogen-bond donors (Lipinski definition) is 0. The second-order valence-corrected chi connectivity index (χ2v) is 17.9. The second-order valence-electron chi connectivity index (χ2n) is 13.2. The van der Waals surface area contributed by atoms with Crippen molar-refractivity contribution in [2.75, 3.05) is 0 Å². The van der Waals surface area contributed by atoms with Crippen LogP contribution in [-0.2, 0) is 5.41 Å². The Kier molecular flexibility index (Phi) is 6.01. The molecule has 0 heterocycles. The molecule has 0 bridgehead atoms. The van der Waals surface area contributed by atoms with Crippen LogP contribution >= 0.6 is 0 Å². The lowest BCUT2D eigenvalue weighted by Gasteiger charge is -2.41. The average molecular weight is 461 g/mol. The number of ether oxygens (including phenoxy) is 1. The number of benzene rings is 2. The highest BCUT2D eigenvalue weighted by Crippen LogP contribution is 2.60. The zero-order chi connectivity index (χ0) is 24.3. The van der Waals surface area contributed by atoms with Gasteiger partial charge in [-0.25, -0.2) is 0 Å². The van der Waals surface area contributed by atoms with Crippen LogP contribution in [0.5, 0.6) is 5.75 Å². The third-order valence-corrected chi connectivity index (χ3v) is 12.8. The number of rotatable bonds is 3. The zero-order valence-electron chi connectivity index (χ0n) is 22.5. The minimum absolute atomic E-state index is 0.0435. The van der Waals surface area contributed by atoms with Crippen molar-refractivity contribution >= 4 is 19.3 Å². The van der Waals surface area contributed by atoms with E-state index in [1.165, 1.54) is 16.3 Å². The summed E-state index contributed by atoms with van der Waals surface area (Å²) >= 11 is 0. The van der Waals surface area contributed by atoms with E-state index in [9.17, 15) is 0 Å². The van der Waals surface area contributed by atoms with Gasteiger partial charge >= 0.3 is 0 Å². The smallest absolute Gasteiger partial charge is 0.123 e. The molecule has 2 aliphatic rings. The van der Waals surface area contributed by atoms with E-state index in [0.717, 1.165) is 5.75 Å². The van der Waals surface area contributed by atoms with Crippen molar-refractivity contribution in [3.05, 3.63) is 65.2 Å². The van der Waals surface area contributed by atoms with Crippen LogP contribution in [0, 0.1) is 17.8 Å². The first-order valence-electron chi connectivity index (χ1n) is 12.8. The van der Waals surface area contributed by atoms with Gasteiger partial charge in [-0.15, -0.1) is 0 Å². The van der Waals surface area contributed by atoms with E-state index in [2.05, 4.69) is 123 Å². The van der Waals surface area contributed by atoms with E-state index in [4.69, 9.17) is 4.74 Å². The summed E-state index contributed by atoms with van der Waals surface area (Å²) in [6.07, 6.45) is 4.96. The quantitative estimate of drug-likeness (QED) is 0.420. The number of hydrogen-bond acceptors (Lipinski definition) is 1. The third kappa shape index (κ3) is 4.25. The maximum Gasteiger partial charge on any atom is 0.123 e. The van der Waals surface area contributed by atoms with Crippen LogP contribution in [0.4, 0.5) is 0 Å². The van der Waals surface area contributed by atoms with Crippen molar-refractivity contribution < 1.29 is 4.74 Å². The first-order valence-corrected chi connectivity index (χ1v) is 15.9. The van der Waals surface area contributed by atoms with E-state index in [0.29, 0.717) is 29.2 Å². The van der Waals surface area contributed by atoms with Crippen LogP contribution in [0.2, 0.25) is 18.6 Å². The number of allylic oxidation sites excluding steroid dienone is 1. The van der Waals surface area contributed by atoms with Gasteiger partial charge < -0.3 is 4.74 Å². The first-order chi connectivity index (χ1) is 15.2. The van der Waals surface area contributed by atoms with Crippen LogP contribution in [0.3, 0.4) is 0 Å². The highest BCUT2D eigenvalue weighted by molar-refractivity contribution is 6.91. The molecule has 5 unspecified atom stereocenters. The summed E-state index contributed by atoms with van der Waals surface area (Å²) in [6.45, 7) is 23.7. The van der Waals surface area contributed by atoms with E-state index in [1.807, 2.05) is 0 Å². The van der Waals surface area contributed by atoms with E-state index < -0.39 is 8.07 Å². The monoisotopic (exact) mass is 460 g/mol. The molecule has 0 aliphatic heterocycles. The highest BCUT2D eigenvalue weighted by atomic mass is 28.3. The van der Waals surface area contributed by atoms with Crippen molar-refractivity contribution in [3.63, 3.8) is 0 Å². The Hall–Kier alpha value is -1.80. The van der Waals surface area contributed by atoms with Gasteiger partial charge in [0.2, 0.25) is 0 Å². The normalized spacial score (nSPS) is 27.3. The summed E-state index contributed by atoms with van der Waals surface area (Å²) in [6, 6.07) is 16.0. The summed E-state index contributed by atoms with van der Waals surface area (Å²) in [5.41, 5.74) is 4.83. The molecule has 0 spiro atoms. The summed E-state index contributed by atoms with van der Waals surface area (Å²) in [5.74, 6) is 3.75. The molecule has 0 saturated heterocycles. The molecular formula is C31H44OSi. The summed E-state index contributed by atoms with van der Waals surface area (Å²) in [7, 11) is -1.91. The lowest BCUT2D eigenvalue weighted by Crippen LogP contribution is -2.51. The molecule has 2 aliphatic carbocycles.